The van der Waals surface area contributed by atoms with Crippen LogP contribution in [0.2, 0.25) is 0 Å². The van der Waals surface area contributed by atoms with Crippen LogP contribution in [-0.4, -0.2) is 18.6 Å². The van der Waals surface area contributed by atoms with Gasteiger partial charge in [-0.2, -0.15) is 0 Å². The molecule has 0 radical (unpaired) electrons. The van der Waals surface area contributed by atoms with Crippen LogP contribution in [0.4, 0.5) is 0 Å². The van der Waals surface area contributed by atoms with Crippen molar-refractivity contribution in [2.24, 2.45) is 5.92 Å². The first-order chi connectivity index (χ1) is 8.31. The molecule has 0 saturated heterocycles. The van der Waals surface area contributed by atoms with Crippen LogP contribution in [0.1, 0.15) is 37.9 Å². The number of rotatable bonds is 8. The van der Waals surface area contributed by atoms with Gasteiger partial charge in [0.25, 0.3) is 0 Å². The number of aromatic nitrogens is 1. The third-order valence-electron chi connectivity index (χ3n) is 3.10. The van der Waals surface area contributed by atoms with Crippen LogP contribution in [0.15, 0.2) is 18.3 Å². The maximum absolute atomic E-state index is 5.76. The topological polar surface area (TPSA) is 34.1 Å². The molecule has 0 aromatic carbocycles. The van der Waals surface area contributed by atoms with Crippen molar-refractivity contribution in [3.63, 3.8) is 0 Å². The van der Waals surface area contributed by atoms with Gasteiger partial charge in [-0.25, -0.2) is 0 Å². The van der Waals surface area contributed by atoms with Crippen molar-refractivity contribution >= 4 is 0 Å². The van der Waals surface area contributed by atoms with E-state index in [-0.39, 0.29) is 0 Å². The Balaban J connectivity index is 2.45. The number of hydrogen-bond acceptors (Lipinski definition) is 3. The van der Waals surface area contributed by atoms with Gasteiger partial charge in [0, 0.05) is 19.3 Å². The number of nitrogens with zero attached hydrogens (tertiary/aromatic N) is 1. The van der Waals surface area contributed by atoms with Crippen molar-refractivity contribution in [3.05, 3.63) is 29.6 Å². The van der Waals surface area contributed by atoms with Crippen molar-refractivity contribution in [2.45, 2.75) is 39.8 Å². The van der Waals surface area contributed by atoms with Crippen LogP contribution in [-0.2, 0) is 17.9 Å². The van der Waals surface area contributed by atoms with Gasteiger partial charge in [0.1, 0.15) is 0 Å². The Labute approximate surface area is 105 Å². The summed E-state index contributed by atoms with van der Waals surface area (Å²) in [5.41, 5.74) is 2.27. The van der Waals surface area contributed by atoms with Crippen molar-refractivity contribution in [1.29, 1.82) is 0 Å². The molecule has 3 nitrogen and oxygen atoms in total. The summed E-state index contributed by atoms with van der Waals surface area (Å²) in [6.07, 6.45) is 4.19. The minimum atomic E-state index is 0.619. The molecule has 0 aliphatic carbocycles. The molecule has 17 heavy (non-hydrogen) atoms. The van der Waals surface area contributed by atoms with Gasteiger partial charge in [0.2, 0.25) is 0 Å². The van der Waals surface area contributed by atoms with E-state index in [1.54, 1.807) is 0 Å². The van der Waals surface area contributed by atoms with Crippen LogP contribution in [0.5, 0.6) is 0 Å². The lowest BCUT2D eigenvalue weighted by Gasteiger charge is -2.13. The first-order valence-electron chi connectivity index (χ1n) is 6.46. The third-order valence-corrected chi connectivity index (χ3v) is 3.10. The molecule has 0 aliphatic rings. The van der Waals surface area contributed by atoms with E-state index in [1.807, 2.05) is 19.3 Å². The van der Waals surface area contributed by atoms with E-state index < -0.39 is 0 Å². The quantitative estimate of drug-likeness (QED) is 0.753. The molecule has 0 saturated carbocycles. The maximum Gasteiger partial charge on any atom is 0.0891 e. The molecule has 1 heterocycles. The average Bonchev–Trinajstić information content (AvgIpc) is 2.37. The zero-order valence-electron chi connectivity index (χ0n) is 11.2. The number of nitrogens with one attached hydrogen (secondary N) is 1. The lowest BCUT2D eigenvalue weighted by molar-refractivity contribution is 0.0817. The summed E-state index contributed by atoms with van der Waals surface area (Å²) in [6.45, 7) is 6.73. The predicted molar refractivity (Wildman–Crippen MR) is 70.7 cm³/mol. The van der Waals surface area contributed by atoms with E-state index >= 15 is 0 Å². The van der Waals surface area contributed by atoms with E-state index in [9.17, 15) is 0 Å². The molecule has 0 amide bonds. The third kappa shape index (κ3) is 4.84. The molecular weight excluding hydrogens is 212 g/mol. The smallest absolute Gasteiger partial charge is 0.0891 e. The molecule has 1 rings (SSSR count). The fourth-order valence-corrected chi connectivity index (χ4v) is 1.80. The van der Waals surface area contributed by atoms with Gasteiger partial charge in [-0.05, 0) is 24.6 Å². The molecule has 1 N–H and O–H groups in total. The Morgan fingerprint density at radius 2 is 2.12 bits per heavy atom. The van der Waals surface area contributed by atoms with Crippen LogP contribution < -0.4 is 5.32 Å². The van der Waals surface area contributed by atoms with Gasteiger partial charge in [-0.3, -0.25) is 4.98 Å². The largest absolute Gasteiger partial charge is 0.375 e. The maximum atomic E-state index is 5.76. The van der Waals surface area contributed by atoms with Crippen molar-refractivity contribution < 1.29 is 4.74 Å². The number of hydrogen-bond donors (Lipinski definition) is 1. The molecule has 0 aliphatic heterocycles. The SMILES string of the molecule is CCC(CC)COCc1ncccc1CNC. The van der Waals surface area contributed by atoms with E-state index in [4.69, 9.17) is 4.74 Å². The van der Waals surface area contributed by atoms with E-state index in [1.165, 1.54) is 18.4 Å². The highest BCUT2D eigenvalue weighted by Gasteiger charge is 2.06. The lowest BCUT2D eigenvalue weighted by atomic mass is 10.1. The Morgan fingerprint density at radius 1 is 1.35 bits per heavy atom. The normalized spacial score (nSPS) is 11.1. The average molecular weight is 236 g/mol. The van der Waals surface area contributed by atoms with Gasteiger partial charge in [-0.1, -0.05) is 32.8 Å². The van der Waals surface area contributed by atoms with Crippen molar-refractivity contribution in [2.75, 3.05) is 13.7 Å². The molecule has 3 heteroatoms. The molecule has 1 aromatic heterocycles. The van der Waals surface area contributed by atoms with E-state index in [0.29, 0.717) is 12.5 Å². The van der Waals surface area contributed by atoms with Crippen LogP contribution in [0.3, 0.4) is 0 Å². The highest BCUT2D eigenvalue weighted by Crippen LogP contribution is 2.11. The summed E-state index contributed by atoms with van der Waals surface area (Å²) in [5.74, 6) is 0.673. The Hall–Kier alpha value is -0.930. The highest BCUT2D eigenvalue weighted by molar-refractivity contribution is 5.18. The number of ether oxygens (including phenoxy) is 1. The second-order valence-electron chi connectivity index (χ2n) is 4.34. The predicted octanol–water partition coefficient (Wildman–Crippen LogP) is 2.75. The zero-order valence-corrected chi connectivity index (χ0v) is 11.2. The van der Waals surface area contributed by atoms with E-state index in [0.717, 1.165) is 18.8 Å². The Bertz CT molecular complexity index is 311. The fourth-order valence-electron chi connectivity index (χ4n) is 1.80. The molecule has 0 atom stereocenters. The van der Waals surface area contributed by atoms with Crippen LogP contribution in [0, 0.1) is 5.92 Å². The van der Waals surface area contributed by atoms with Gasteiger partial charge >= 0.3 is 0 Å². The minimum Gasteiger partial charge on any atom is -0.375 e. The molecule has 1 aromatic rings. The zero-order chi connectivity index (χ0) is 12.5. The molecule has 0 spiro atoms. The van der Waals surface area contributed by atoms with Gasteiger partial charge in [0.05, 0.1) is 12.3 Å². The van der Waals surface area contributed by atoms with Crippen LogP contribution >= 0.6 is 0 Å². The van der Waals surface area contributed by atoms with E-state index in [2.05, 4.69) is 30.2 Å². The van der Waals surface area contributed by atoms with Gasteiger partial charge < -0.3 is 10.1 Å². The fraction of sp³-hybridized carbons (Fsp3) is 0.643. The highest BCUT2D eigenvalue weighted by atomic mass is 16.5. The van der Waals surface area contributed by atoms with Crippen molar-refractivity contribution in [3.8, 4) is 0 Å². The second-order valence-corrected chi connectivity index (χ2v) is 4.34. The van der Waals surface area contributed by atoms with Gasteiger partial charge in [0.15, 0.2) is 0 Å². The molecule has 0 fully saturated rings. The van der Waals surface area contributed by atoms with Crippen LogP contribution in [0.25, 0.3) is 0 Å². The summed E-state index contributed by atoms with van der Waals surface area (Å²) in [5, 5.41) is 3.15. The molecule has 96 valence electrons. The Kier molecular flexibility index (Phi) is 6.82. The van der Waals surface area contributed by atoms with Gasteiger partial charge in [-0.15, -0.1) is 0 Å². The van der Waals surface area contributed by atoms with Crippen molar-refractivity contribution in [1.82, 2.24) is 10.3 Å². The monoisotopic (exact) mass is 236 g/mol. The first-order valence-corrected chi connectivity index (χ1v) is 6.46. The first kappa shape index (κ1) is 14.1. The standard InChI is InChI=1S/C14H24N2O/c1-4-12(5-2)10-17-11-14-13(9-15-3)7-6-8-16-14/h6-8,12,15H,4-5,9-11H2,1-3H3. The molecule has 0 unspecified atom stereocenters. The second kappa shape index (κ2) is 8.20. The molecule has 0 bridgehead atoms. The summed E-state index contributed by atoms with van der Waals surface area (Å²) in [7, 11) is 1.95. The Morgan fingerprint density at radius 3 is 2.76 bits per heavy atom. The lowest BCUT2D eigenvalue weighted by Crippen LogP contribution is -2.12. The summed E-state index contributed by atoms with van der Waals surface area (Å²) in [4.78, 5) is 4.38. The number of pyridine rings is 1. The summed E-state index contributed by atoms with van der Waals surface area (Å²) in [6, 6.07) is 4.07. The minimum absolute atomic E-state index is 0.619. The summed E-state index contributed by atoms with van der Waals surface area (Å²) >= 11 is 0. The molecular formula is C14H24N2O. The summed E-state index contributed by atoms with van der Waals surface area (Å²) < 4.78 is 5.76.